The van der Waals surface area contributed by atoms with Gasteiger partial charge < -0.3 is 5.11 Å². The Hall–Kier alpha value is -2.74. The molecule has 0 aromatic carbocycles. The zero-order valence-electron chi connectivity index (χ0n) is 26.8. The first-order valence-corrected chi connectivity index (χ1v) is 17.2. The fourth-order valence-electron chi connectivity index (χ4n) is 10.6. The average Bonchev–Trinajstić information content (AvgIpc) is 2.95. The van der Waals surface area contributed by atoms with Crippen LogP contribution in [0.4, 0.5) is 0 Å². The van der Waals surface area contributed by atoms with Gasteiger partial charge in [0.25, 0.3) is 15.2 Å². The summed E-state index contributed by atoms with van der Waals surface area (Å²) in [5.41, 5.74) is -4.93. The lowest BCUT2D eigenvalue weighted by molar-refractivity contribution is -0.239. The number of fused-ring (bicyclic) bond motifs is 7. The second-order valence-corrected chi connectivity index (χ2v) is 17.6. The second kappa shape index (κ2) is 9.17. The van der Waals surface area contributed by atoms with E-state index in [-0.39, 0.29) is 40.0 Å². The van der Waals surface area contributed by atoms with Crippen molar-refractivity contribution in [2.24, 2.45) is 38.9 Å². The number of hydrogen-bond acceptors (Lipinski definition) is 8. The fraction of sp³-hybridized carbons (Fsp3) is 0.676. The summed E-state index contributed by atoms with van der Waals surface area (Å²) in [6.07, 6.45) is 10.5. The van der Waals surface area contributed by atoms with Gasteiger partial charge in [-0.2, -0.15) is 5.26 Å². The van der Waals surface area contributed by atoms with Crippen molar-refractivity contribution in [3.8, 4) is 6.07 Å². The first-order chi connectivity index (χ1) is 20.2. The van der Waals surface area contributed by atoms with Crippen molar-refractivity contribution in [1.82, 2.24) is 14.7 Å². The molecule has 3 saturated carbocycles. The molecule has 44 heavy (non-hydrogen) atoms. The Balaban J connectivity index is 1.46. The van der Waals surface area contributed by atoms with Crippen LogP contribution in [0.1, 0.15) is 93.4 Å². The second-order valence-electron chi connectivity index (χ2n) is 16.1. The largest absolute Gasteiger partial charge is 0.381 e. The Kier molecular flexibility index (Phi) is 6.51. The topological polar surface area (TPSA) is 150 Å². The number of nitriles is 1. The van der Waals surface area contributed by atoms with Gasteiger partial charge in [0.2, 0.25) is 0 Å². The molecule has 0 aliphatic heterocycles. The molecule has 9 nitrogen and oxygen atoms in total. The van der Waals surface area contributed by atoms with Crippen LogP contribution < -0.4 is 4.72 Å². The van der Waals surface area contributed by atoms with Crippen molar-refractivity contribution in [2.75, 3.05) is 0 Å². The summed E-state index contributed by atoms with van der Waals surface area (Å²) in [5, 5.41) is 22.7. The van der Waals surface area contributed by atoms with Crippen molar-refractivity contribution in [3.05, 3.63) is 41.8 Å². The number of nitrogens with one attached hydrogen (secondary N) is 1. The molecular formula is C34H44N4O5S. The highest BCUT2D eigenvalue weighted by Gasteiger charge is 2.75. The fourth-order valence-corrected chi connectivity index (χ4v) is 12.0. The Bertz CT molecular complexity index is 1680. The van der Waals surface area contributed by atoms with Crippen LogP contribution in [0.3, 0.4) is 0 Å². The normalized spacial score (nSPS) is 44.6. The lowest BCUT2D eigenvalue weighted by atomic mass is 9.33. The summed E-state index contributed by atoms with van der Waals surface area (Å²) in [5.74, 6) is -1.11. The number of sulfonamides is 1. The number of rotatable bonds is 3. The highest BCUT2D eigenvalue weighted by molar-refractivity contribution is 7.89. The number of allylic oxidation sites excluding steroid dienone is 3. The van der Waals surface area contributed by atoms with Gasteiger partial charge in [0, 0.05) is 40.1 Å². The molecule has 2 N–H and O–H groups in total. The third-order valence-corrected chi connectivity index (χ3v) is 14.9. The number of aromatic nitrogens is 2. The van der Waals surface area contributed by atoms with E-state index in [2.05, 4.69) is 41.5 Å². The quantitative estimate of drug-likeness (QED) is 0.456. The van der Waals surface area contributed by atoms with Crippen LogP contribution in [0, 0.1) is 50.2 Å². The van der Waals surface area contributed by atoms with E-state index in [1.807, 2.05) is 27.7 Å². The van der Waals surface area contributed by atoms with Crippen LogP contribution in [0.15, 0.2) is 46.9 Å². The van der Waals surface area contributed by atoms with Crippen LogP contribution in [0.5, 0.6) is 0 Å². The van der Waals surface area contributed by atoms with E-state index in [1.54, 1.807) is 18.2 Å². The van der Waals surface area contributed by atoms with E-state index in [4.69, 9.17) is 0 Å². The zero-order valence-corrected chi connectivity index (χ0v) is 27.6. The van der Waals surface area contributed by atoms with Crippen molar-refractivity contribution in [3.63, 3.8) is 0 Å². The highest BCUT2D eigenvalue weighted by atomic mass is 32.2. The minimum absolute atomic E-state index is 0.0945. The van der Waals surface area contributed by atoms with Crippen molar-refractivity contribution >= 4 is 21.6 Å². The molecule has 8 atom stereocenters. The Labute approximate surface area is 260 Å². The van der Waals surface area contributed by atoms with E-state index in [0.29, 0.717) is 32.1 Å². The van der Waals surface area contributed by atoms with Gasteiger partial charge in [-0.25, -0.2) is 23.1 Å². The maximum absolute atomic E-state index is 14.6. The number of aliphatic hydroxyl groups is 1. The smallest absolute Gasteiger partial charge is 0.276 e. The third kappa shape index (κ3) is 3.78. The van der Waals surface area contributed by atoms with Crippen LogP contribution in [0.2, 0.25) is 0 Å². The van der Waals surface area contributed by atoms with E-state index in [1.165, 1.54) is 12.4 Å². The monoisotopic (exact) mass is 620 g/mol. The number of carbonyl (C=O) groups is 2. The van der Waals surface area contributed by atoms with Gasteiger partial charge in [-0.05, 0) is 86.3 Å². The Morgan fingerprint density at radius 3 is 2.23 bits per heavy atom. The number of hydrogen-bond donors (Lipinski definition) is 2. The van der Waals surface area contributed by atoms with Crippen molar-refractivity contribution in [2.45, 2.75) is 110 Å². The zero-order chi connectivity index (χ0) is 32.4. The third-order valence-electron chi connectivity index (χ3n) is 13.4. The summed E-state index contributed by atoms with van der Waals surface area (Å²) in [6, 6.07) is 3.68. The van der Waals surface area contributed by atoms with Crippen molar-refractivity contribution < 1.29 is 23.1 Å². The summed E-state index contributed by atoms with van der Waals surface area (Å²) in [4.78, 5) is 35.8. The highest BCUT2D eigenvalue weighted by Crippen LogP contribution is 2.75. The van der Waals surface area contributed by atoms with Crippen LogP contribution in [-0.4, -0.2) is 46.2 Å². The minimum atomic E-state index is -4.04. The Morgan fingerprint density at radius 1 is 0.955 bits per heavy atom. The van der Waals surface area contributed by atoms with Gasteiger partial charge in [-0.3, -0.25) is 9.59 Å². The number of nitrogens with zero attached hydrogens (tertiary/aromatic N) is 3. The summed E-state index contributed by atoms with van der Waals surface area (Å²) in [7, 11) is -4.04. The molecule has 1 heterocycles. The van der Waals surface area contributed by atoms with Gasteiger partial charge in [0.05, 0.1) is 5.57 Å². The number of ketones is 2. The maximum atomic E-state index is 14.6. The first kappa shape index (κ1) is 31.3. The van der Waals surface area contributed by atoms with Crippen LogP contribution >= 0.6 is 0 Å². The van der Waals surface area contributed by atoms with Crippen LogP contribution in [-0.2, 0) is 19.6 Å². The van der Waals surface area contributed by atoms with Crippen LogP contribution in [0.25, 0.3) is 0 Å². The molecular weight excluding hydrogens is 576 g/mol. The molecule has 0 amide bonds. The first-order valence-electron chi connectivity index (χ1n) is 15.7. The predicted octanol–water partition coefficient (Wildman–Crippen LogP) is 4.84. The summed E-state index contributed by atoms with van der Waals surface area (Å²) >= 11 is 0. The van der Waals surface area contributed by atoms with Crippen molar-refractivity contribution in [1.29, 1.82) is 5.26 Å². The molecule has 0 bridgehead atoms. The lowest BCUT2D eigenvalue weighted by Crippen LogP contribution is -2.74. The average molecular weight is 621 g/mol. The maximum Gasteiger partial charge on any atom is 0.276 e. The predicted molar refractivity (Wildman–Crippen MR) is 163 cm³/mol. The van der Waals surface area contributed by atoms with E-state index in [0.717, 1.165) is 12.0 Å². The summed E-state index contributed by atoms with van der Waals surface area (Å²) in [6.45, 7) is 14.0. The molecule has 1 aromatic heterocycles. The van der Waals surface area contributed by atoms with E-state index >= 15 is 0 Å². The molecule has 3 fully saturated rings. The van der Waals surface area contributed by atoms with Gasteiger partial charge in [0.1, 0.15) is 11.7 Å². The summed E-state index contributed by atoms with van der Waals surface area (Å²) < 4.78 is 29.5. The molecule has 1 aromatic rings. The van der Waals surface area contributed by atoms with Gasteiger partial charge in [-0.1, -0.05) is 47.6 Å². The molecule has 0 saturated heterocycles. The molecule has 0 spiro atoms. The molecule has 5 aliphatic rings. The van der Waals surface area contributed by atoms with Gasteiger partial charge in [-0.15, -0.1) is 0 Å². The lowest BCUT2D eigenvalue weighted by Gasteiger charge is -2.71. The molecule has 6 rings (SSSR count). The van der Waals surface area contributed by atoms with Gasteiger partial charge in [0.15, 0.2) is 11.6 Å². The SMILES string of the molecule is CC1(C)C(=O)C(C#N)=C[C@]2(C)C3=CC(=O)[C@]4(O)[C@@H]5C[C@@](C)(NS(=O)(=O)c6ncccn6)CC[C@@]5(C)CC[C@@]4(C)[C@]3(C)CC[C@@H]12. The molecule has 5 aliphatic carbocycles. The van der Waals surface area contributed by atoms with E-state index < -0.39 is 48.7 Å². The molecule has 0 unspecified atom stereocenters. The minimum Gasteiger partial charge on any atom is -0.381 e. The molecule has 236 valence electrons. The number of Topliss-reactive ketones (excluding diaryl/α,β-unsaturated/α-hetero) is 1. The molecule has 0 radical (unpaired) electrons. The van der Waals surface area contributed by atoms with E-state index in [9.17, 15) is 28.4 Å². The number of carbonyl (C=O) groups excluding carboxylic acids is 2. The standard InChI is InChI=1S/C34H44N4O5S/c1-28(2)22-9-10-32(6)23(31(22,5)18-21(20-35)26(28)40)17-25(39)34(41)24-19-30(4,13-11-29(24,3)12-14-33(32,34)7)38-44(42,43)27-36-15-8-16-37-27/h8,15-18,22,24,38,41H,9-14,19H2,1-7H3/t22-,24+,29-,30-,31-,32+,33-,34+/m0/s1. The molecule has 10 heteroatoms. The Morgan fingerprint density at radius 2 is 1.59 bits per heavy atom. The van der Waals surface area contributed by atoms with Gasteiger partial charge >= 0.3 is 0 Å².